The van der Waals surface area contributed by atoms with E-state index < -0.39 is 23.9 Å². The second-order valence-corrected chi connectivity index (χ2v) is 6.45. The average Bonchev–Trinajstić information content (AvgIpc) is 2.84. The fourth-order valence-electron chi connectivity index (χ4n) is 2.38. The lowest BCUT2D eigenvalue weighted by molar-refractivity contribution is 0.0125. The number of aliphatic hydroxyl groups excluding tert-OH is 2. The summed E-state index contributed by atoms with van der Waals surface area (Å²) in [6.07, 6.45) is -3.10. The first kappa shape index (κ1) is 17.2. The van der Waals surface area contributed by atoms with E-state index in [1.807, 2.05) is 0 Å². The summed E-state index contributed by atoms with van der Waals surface area (Å²) < 4.78 is 5.06. The Balaban J connectivity index is 2.00. The van der Waals surface area contributed by atoms with Crippen molar-refractivity contribution < 1.29 is 24.5 Å². The van der Waals surface area contributed by atoms with Gasteiger partial charge in [-0.25, -0.2) is 4.79 Å². The smallest absolute Gasteiger partial charge is 0.407 e. The summed E-state index contributed by atoms with van der Waals surface area (Å²) in [5, 5.41) is 25.5. The summed E-state index contributed by atoms with van der Waals surface area (Å²) in [6.45, 7) is 5.34. The molecule has 7 nitrogen and oxygen atoms in total. The third-order valence-corrected chi connectivity index (χ3v) is 3.42. The van der Waals surface area contributed by atoms with Crippen LogP contribution in [0.4, 0.5) is 4.79 Å². The number of alkyl carbamates (subject to hydrolysis) is 1. The first-order valence-corrected chi connectivity index (χ1v) is 7.42. The number of hydrogen-bond acceptors (Lipinski definition) is 5. The maximum atomic E-state index is 11.6. The van der Waals surface area contributed by atoms with E-state index in [1.165, 1.54) is 0 Å². The van der Waals surface area contributed by atoms with Crippen LogP contribution in [-0.4, -0.2) is 40.5 Å². The molecule has 0 saturated carbocycles. The van der Waals surface area contributed by atoms with Crippen LogP contribution in [0.1, 0.15) is 48.4 Å². The van der Waals surface area contributed by atoms with Gasteiger partial charge in [0.1, 0.15) is 17.8 Å². The molecule has 1 heterocycles. The molecule has 126 valence electrons. The monoisotopic (exact) mass is 322 g/mol. The molecule has 1 aliphatic heterocycles. The number of amides is 2. The second-order valence-electron chi connectivity index (χ2n) is 6.45. The molecule has 0 bridgehead atoms. The average molecular weight is 322 g/mol. The van der Waals surface area contributed by atoms with Crippen molar-refractivity contribution in [1.29, 1.82) is 0 Å². The van der Waals surface area contributed by atoms with Crippen molar-refractivity contribution in [2.45, 2.75) is 45.1 Å². The fourth-order valence-corrected chi connectivity index (χ4v) is 2.38. The van der Waals surface area contributed by atoms with Gasteiger partial charge in [0.25, 0.3) is 5.91 Å². The summed E-state index contributed by atoms with van der Waals surface area (Å²) in [5.74, 6) is -0.199. The highest BCUT2D eigenvalue weighted by atomic mass is 16.6. The number of nitrogens with one attached hydrogen (secondary N) is 2. The van der Waals surface area contributed by atoms with Gasteiger partial charge in [0.15, 0.2) is 0 Å². The number of fused-ring (bicyclic) bond motifs is 1. The predicted molar refractivity (Wildman–Crippen MR) is 82.8 cm³/mol. The molecule has 0 saturated heterocycles. The molecule has 0 aromatic heterocycles. The largest absolute Gasteiger partial charge is 0.444 e. The lowest BCUT2D eigenvalue weighted by Gasteiger charge is -2.23. The number of rotatable bonds is 4. The van der Waals surface area contributed by atoms with Gasteiger partial charge < -0.3 is 25.6 Å². The van der Waals surface area contributed by atoms with Crippen LogP contribution in [0.15, 0.2) is 18.2 Å². The van der Waals surface area contributed by atoms with Crippen molar-refractivity contribution in [3.63, 3.8) is 0 Å². The fraction of sp³-hybridized carbons (Fsp3) is 0.500. The Bertz CT molecular complexity index is 609. The first-order valence-electron chi connectivity index (χ1n) is 7.42. The molecule has 1 aliphatic rings. The van der Waals surface area contributed by atoms with Crippen molar-refractivity contribution in [3.05, 3.63) is 34.9 Å². The zero-order chi connectivity index (χ0) is 17.2. The van der Waals surface area contributed by atoms with Crippen LogP contribution < -0.4 is 10.6 Å². The van der Waals surface area contributed by atoms with E-state index in [9.17, 15) is 19.8 Å². The van der Waals surface area contributed by atoms with Crippen LogP contribution in [0.25, 0.3) is 0 Å². The number of ether oxygens (including phenoxy) is 1. The van der Waals surface area contributed by atoms with Crippen molar-refractivity contribution in [3.8, 4) is 0 Å². The van der Waals surface area contributed by atoms with Gasteiger partial charge in [-0.2, -0.15) is 0 Å². The maximum Gasteiger partial charge on any atom is 0.407 e. The Kier molecular flexibility index (Phi) is 4.91. The minimum absolute atomic E-state index is 0.166. The zero-order valence-electron chi connectivity index (χ0n) is 13.4. The Morgan fingerprint density at radius 1 is 1.39 bits per heavy atom. The number of carbonyl (C=O) groups excluding carboxylic acids is 2. The lowest BCUT2D eigenvalue weighted by Crippen LogP contribution is -2.39. The van der Waals surface area contributed by atoms with Gasteiger partial charge in [-0.15, -0.1) is 0 Å². The van der Waals surface area contributed by atoms with Gasteiger partial charge in [0, 0.05) is 18.7 Å². The van der Waals surface area contributed by atoms with Gasteiger partial charge in [-0.1, -0.05) is 12.1 Å². The molecule has 2 rings (SSSR count). The Labute approximate surface area is 134 Å². The van der Waals surface area contributed by atoms with E-state index in [1.54, 1.807) is 39.0 Å². The summed E-state index contributed by atoms with van der Waals surface area (Å²) >= 11 is 0. The quantitative estimate of drug-likeness (QED) is 0.657. The Morgan fingerprint density at radius 2 is 2.09 bits per heavy atom. The molecule has 0 spiro atoms. The minimum Gasteiger partial charge on any atom is -0.444 e. The van der Waals surface area contributed by atoms with E-state index in [2.05, 4.69) is 10.6 Å². The highest BCUT2D eigenvalue weighted by Crippen LogP contribution is 2.27. The number of hydrogen-bond donors (Lipinski definition) is 4. The molecule has 0 fully saturated rings. The van der Waals surface area contributed by atoms with Gasteiger partial charge in [0.05, 0.1) is 0 Å². The molecule has 2 amide bonds. The molecule has 1 aromatic rings. The van der Waals surface area contributed by atoms with Crippen molar-refractivity contribution in [1.82, 2.24) is 10.6 Å². The second kappa shape index (κ2) is 6.55. The van der Waals surface area contributed by atoms with E-state index in [0.717, 1.165) is 0 Å². The van der Waals surface area contributed by atoms with Gasteiger partial charge in [-0.05, 0) is 38.0 Å². The first-order chi connectivity index (χ1) is 10.7. The maximum absolute atomic E-state index is 11.6. The lowest BCUT2D eigenvalue weighted by atomic mass is 9.96. The third kappa shape index (κ3) is 4.20. The molecule has 7 heteroatoms. The molecular weight excluding hydrogens is 300 g/mol. The van der Waals surface area contributed by atoms with Crippen LogP contribution in [0, 0.1) is 0 Å². The molecule has 4 N–H and O–H groups in total. The highest BCUT2D eigenvalue weighted by Gasteiger charge is 2.28. The van der Waals surface area contributed by atoms with Gasteiger partial charge in [0.2, 0.25) is 0 Å². The normalized spacial score (nSPS) is 16.3. The molecule has 23 heavy (non-hydrogen) atoms. The number of carbonyl (C=O) groups is 2. The molecule has 0 radical (unpaired) electrons. The van der Waals surface area contributed by atoms with Gasteiger partial charge in [-0.3, -0.25) is 4.79 Å². The zero-order valence-corrected chi connectivity index (χ0v) is 13.4. The Hall–Kier alpha value is -2.12. The standard InChI is InChI=1S/C16H22N2O5/c1-16(2,3)23-15(22)18-8-12(19)13(20)9-5-4-6-10-11(9)7-17-14(10)21/h4-6,12-13,19-20H,7-8H2,1-3H3,(H,17,21)(H,18,22). The van der Waals surface area contributed by atoms with E-state index in [4.69, 9.17) is 4.74 Å². The van der Waals surface area contributed by atoms with Crippen LogP contribution in [-0.2, 0) is 11.3 Å². The van der Waals surface area contributed by atoms with Crippen LogP contribution in [0.5, 0.6) is 0 Å². The van der Waals surface area contributed by atoms with Crippen molar-refractivity contribution in [2.75, 3.05) is 6.54 Å². The highest BCUT2D eigenvalue weighted by molar-refractivity contribution is 5.98. The minimum atomic E-state index is -1.22. The van der Waals surface area contributed by atoms with Gasteiger partial charge >= 0.3 is 6.09 Å². The Morgan fingerprint density at radius 3 is 2.74 bits per heavy atom. The van der Waals surface area contributed by atoms with Crippen LogP contribution >= 0.6 is 0 Å². The van der Waals surface area contributed by atoms with Crippen LogP contribution in [0.2, 0.25) is 0 Å². The van der Waals surface area contributed by atoms with Crippen LogP contribution in [0.3, 0.4) is 0 Å². The van der Waals surface area contributed by atoms with Crippen molar-refractivity contribution in [2.24, 2.45) is 0 Å². The molecular formula is C16H22N2O5. The number of benzene rings is 1. The summed E-state index contributed by atoms with van der Waals surface area (Å²) in [4.78, 5) is 23.2. The van der Waals surface area contributed by atoms with E-state index in [-0.39, 0.29) is 12.5 Å². The topological polar surface area (TPSA) is 108 Å². The third-order valence-electron chi connectivity index (χ3n) is 3.42. The number of aliphatic hydroxyl groups is 2. The molecule has 0 aliphatic carbocycles. The summed E-state index contributed by atoms with van der Waals surface area (Å²) in [5.41, 5.74) is 0.995. The summed E-state index contributed by atoms with van der Waals surface area (Å²) in [6, 6.07) is 4.97. The van der Waals surface area contributed by atoms with E-state index >= 15 is 0 Å². The summed E-state index contributed by atoms with van der Waals surface area (Å²) in [7, 11) is 0. The molecule has 1 aromatic carbocycles. The predicted octanol–water partition coefficient (Wildman–Crippen LogP) is 0.849. The molecule has 2 atom stereocenters. The molecule has 2 unspecified atom stereocenters. The van der Waals surface area contributed by atoms with E-state index in [0.29, 0.717) is 23.2 Å². The SMILES string of the molecule is CC(C)(C)OC(=O)NCC(O)C(O)c1cccc2c1CNC2=O. The van der Waals surface area contributed by atoms with Crippen molar-refractivity contribution >= 4 is 12.0 Å².